The van der Waals surface area contributed by atoms with Gasteiger partial charge in [-0.15, -0.1) is 0 Å². The molecule has 0 aliphatic heterocycles. The highest BCUT2D eigenvalue weighted by atomic mass is 16.3. The van der Waals surface area contributed by atoms with E-state index in [0.29, 0.717) is 12.0 Å². The summed E-state index contributed by atoms with van der Waals surface area (Å²) >= 11 is 0. The molecule has 0 radical (unpaired) electrons. The van der Waals surface area contributed by atoms with Crippen LogP contribution in [0.1, 0.15) is 84.0 Å². The summed E-state index contributed by atoms with van der Waals surface area (Å²) in [6, 6.07) is 0. The first-order valence-corrected chi connectivity index (χ1v) is 9.00. The van der Waals surface area contributed by atoms with Crippen LogP contribution in [0.2, 0.25) is 0 Å². The van der Waals surface area contributed by atoms with Gasteiger partial charge in [-0.25, -0.2) is 0 Å². The van der Waals surface area contributed by atoms with E-state index in [1.165, 1.54) is 57.8 Å². The fourth-order valence-corrected chi connectivity index (χ4v) is 5.73. The molecule has 0 amide bonds. The Balaban J connectivity index is 1.72. The van der Waals surface area contributed by atoms with E-state index in [1.807, 2.05) is 0 Å². The Morgan fingerprint density at radius 1 is 1.00 bits per heavy atom. The second-order valence-electron chi connectivity index (χ2n) is 8.24. The van der Waals surface area contributed by atoms with Gasteiger partial charge in [-0.05, 0) is 69.1 Å². The molecule has 3 fully saturated rings. The summed E-state index contributed by atoms with van der Waals surface area (Å²) in [7, 11) is 0. The molecule has 2 unspecified atom stereocenters. The van der Waals surface area contributed by atoms with Gasteiger partial charge >= 0.3 is 0 Å². The maximum Gasteiger partial charge on any atom is 0.0716 e. The van der Waals surface area contributed by atoms with E-state index in [9.17, 15) is 5.11 Å². The van der Waals surface area contributed by atoms with Crippen LogP contribution in [0.15, 0.2) is 0 Å². The summed E-state index contributed by atoms with van der Waals surface area (Å²) in [5, 5.41) is 11.4. The minimum absolute atomic E-state index is 0.0356. The van der Waals surface area contributed by atoms with Crippen molar-refractivity contribution in [1.29, 1.82) is 0 Å². The van der Waals surface area contributed by atoms with Crippen LogP contribution >= 0.6 is 0 Å². The highest BCUT2D eigenvalue weighted by Crippen LogP contribution is 2.59. The molecule has 0 saturated heterocycles. The normalized spacial score (nSPS) is 39.5. The van der Waals surface area contributed by atoms with E-state index in [4.69, 9.17) is 5.73 Å². The summed E-state index contributed by atoms with van der Waals surface area (Å²) in [4.78, 5) is 0. The van der Waals surface area contributed by atoms with Gasteiger partial charge in [-0.2, -0.15) is 0 Å². The molecule has 0 heterocycles. The summed E-state index contributed by atoms with van der Waals surface area (Å²) in [6.45, 7) is 2.97. The third-order valence-electron chi connectivity index (χ3n) is 7.47. The lowest BCUT2D eigenvalue weighted by Crippen LogP contribution is -2.54. The largest absolute Gasteiger partial charge is 0.389 e. The average Bonchev–Trinajstić information content (AvgIpc) is 3.11. The fourth-order valence-electron chi connectivity index (χ4n) is 5.73. The van der Waals surface area contributed by atoms with Gasteiger partial charge in [0.05, 0.1) is 5.60 Å². The molecular formula is C18H33NO. The average molecular weight is 279 g/mol. The number of hydrogen-bond donors (Lipinski definition) is 2. The molecule has 0 aromatic carbocycles. The predicted molar refractivity (Wildman–Crippen MR) is 83.4 cm³/mol. The highest BCUT2D eigenvalue weighted by molar-refractivity contribution is 5.08. The molecule has 1 spiro atoms. The van der Waals surface area contributed by atoms with Gasteiger partial charge in [0.2, 0.25) is 0 Å². The van der Waals surface area contributed by atoms with Crippen molar-refractivity contribution in [2.45, 2.75) is 89.6 Å². The van der Waals surface area contributed by atoms with Gasteiger partial charge in [0.25, 0.3) is 0 Å². The maximum atomic E-state index is 11.4. The third-order valence-corrected chi connectivity index (χ3v) is 7.47. The minimum atomic E-state index is -0.459. The van der Waals surface area contributed by atoms with Crippen LogP contribution in [0.5, 0.6) is 0 Å². The van der Waals surface area contributed by atoms with Crippen LogP contribution in [0.4, 0.5) is 0 Å². The summed E-state index contributed by atoms with van der Waals surface area (Å²) in [5.41, 5.74) is 6.37. The third kappa shape index (κ3) is 2.23. The van der Waals surface area contributed by atoms with E-state index >= 15 is 0 Å². The molecule has 0 bridgehead atoms. The molecule has 3 aliphatic rings. The number of aliphatic hydroxyl groups is 1. The van der Waals surface area contributed by atoms with E-state index in [2.05, 4.69) is 6.92 Å². The summed E-state index contributed by atoms with van der Waals surface area (Å²) in [6.07, 6.45) is 15.0. The zero-order valence-electron chi connectivity index (χ0n) is 13.3. The van der Waals surface area contributed by atoms with Crippen molar-refractivity contribution in [1.82, 2.24) is 0 Å². The number of hydrogen-bond acceptors (Lipinski definition) is 2. The Bertz CT molecular complexity index is 337. The van der Waals surface area contributed by atoms with Gasteiger partial charge in [0, 0.05) is 12.0 Å². The molecule has 3 N–H and O–H groups in total. The van der Waals surface area contributed by atoms with Crippen LogP contribution in [-0.2, 0) is 0 Å². The van der Waals surface area contributed by atoms with Crippen molar-refractivity contribution in [2.24, 2.45) is 22.5 Å². The van der Waals surface area contributed by atoms with Gasteiger partial charge in [0.15, 0.2) is 0 Å². The fraction of sp³-hybridized carbons (Fsp3) is 1.00. The summed E-state index contributed by atoms with van der Waals surface area (Å²) < 4.78 is 0. The first-order valence-electron chi connectivity index (χ1n) is 9.00. The molecular weight excluding hydrogens is 246 g/mol. The predicted octanol–water partition coefficient (Wildman–Crippen LogP) is 4.01. The van der Waals surface area contributed by atoms with Crippen LogP contribution < -0.4 is 5.73 Å². The van der Waals surface area contributed by atoms with Gasteiger partial charge in [0.1, 0.15) is 0 Å². The number of rotatable bonds is 3. The van der Waals surface area contributed by atoms with Crippen molar-refractivity contribution >= 4 is 0 Å². The first-order chi connectivity index (χ1) is 9.57. The first kappa shape index (κ1) is 14.8. The van der Waals surface area contributed by atoms with E-state index in [1.54, 1.807) is 0 Å². The monoisotopic (exact) mass is 279 g/mol. The highest BCUT2D eigenvalue weighted by Gasteiger charge is 2.55. The lowest BCUT2D eigenvalue weighted by molar-refractivity contribution is -0.124. The molecule has 3 saturated carbocycles. The smallest absolute Gasteiger partial charge is 0.0716 e. The van der Waals surface area contributed by atoms with E-state index < -0.39 is 5.60 Å². The van der Waals surface area contributed by atoms with Crippen LogP contribution in [0.3, 0.4) is 0 Å². The maximum absolute atomic E-state index is 11.4. The second-order valence-corrected chi connectivity index (χ2v) is 8.24. The Hall–Kier alpha value is -0.0800. The van der Waals surface area contributed by atoms with Crippen LogP contribution in [0.25, 0.3) is 0 Å². The quantitative estimate of drug-likeness (QED) is 0.820. The van der Waals surface area contributed by atoms with Crippen molar-refractivity contribution < 1.29 is 5.11 Å². The molecule has 116 valence electrons. The van der Waals surface area contributed by atoms with E-state index in [-0.39, 0.29) is 5.41 Å². The molecule has 0 aromatic heterocycles. The summed E-state index contributed by atoms with van der Waals surface area (Å²) in [5.74, 6) is 0.796. The SMILES string of the molecule is CCC1CCC(CN)(C2(O)CCC3(CCCC3)CC2)C1. The Morgan fingerprint density at radius 3 is 2.15 bits per heavy atom. The van der Waals surface area contributed by atoms with Gasteiger partial charge < -0.3 is 10.8 Å². The van der Waals surface area contributed by atoms with Crippen molar-refractivity contribution in [3.63, 3.8) is 0 Å². The molecule has 0 aromatic rings. The molecule has 2 atom stereocenters. The Labute approximate surface area is 124 Å². The molecule has 3 rings (SSSR count). The van der Waals surface area contributed by atoms with Crippen LogP contribution in [0, 0.1) is 16.7 Å². The zero-order chi connectivity index (χ0) is 14.3. The van der Waals surface area contributed by atoms with Gasteiger partial charge in [-0.1, -0.05) is 26.2 Å². The molecule has 2 nitrogen and oxygen atoms in total. The second kappa shape index (κ2) is 5.28. The van der Waals surface area contributed by atoms with Crippen LogP contribution in [-0.4, -0.2) is 17.3 Å². The Morgan fingerprint density at radius 2 is 1.65 bits per heavy atom. The lowest BCUT2D eigenvalue weighted by atomic mass is 9.58. The minimum Gasteiger partial charge on any atom is -0.389 e. The lowest BCUT2D eigenvalue weighted by Gasteiger charge is -2.51. The standard InChI is InChI=1S/C18H33NO/c1-2-15-5-8-17(13-15,14-19)18(20)11-9-16(10-12-18)6-3-4-7-16/h15,20H,2-14,19H2,1H3. The van der Waals surface area contributed by atoms with E-state index in [0.717, 1.165) is 25.2 Å². The van der Waals surface area contributed by atoms with Crippen molar-refractivity contribution in [2.75, 3.05) is 6.54 Å². The molecule has 2 heteroatoms. The van der Waals surface area contributed by atoms with Gasteiger partial charge in [-0.3, -0.25) is 0 Å². The molecule has 3 aliphatic carbocycles. The van der Waals surface area contributed by atoms with Crippen molar-refractivity contribution in [3.05, 3.63) is 0 Å². The number of nitrogens with two attached hydrogens (primary N) is 1. The zero-order valence-corrected chi connectivity index (χ0v) is 13.3. The van der Waals surface area contributed by atoms with Crippen molar-refractivity contribution in [3.8, 4) is 0 Å². The molecule has 20 heavy (non-hydrogen) atoms. The Kier molecular flexibility index (Phi) is 3.92. The topological polar surface area (TPSA) is 46.2 Å².